The zero-order valence-electron chi connectivity index (χ0n) is 13.6. The number of hydrogen-bond acceptors (Lipinski definition) is 4. The number of hydrogen-bond donors (Lipinski definition) is 1. The van der Waals surface area contributed by atoms with Crippen molar-refractivity contribution in [2.24, 2.45) is 0 Å². The van der Waals surface area contributed by atoms with Gasteiger partial charge in [0.1, 0.15) is 6.07 Å². The maximum absolute atomic E-state index is 12.3. The Morgan fingerprint density at radius 1 is 1.20 bits per heavy atom. The van der Waals surface area contributed by atoms with E-state index < -0.39 is 0 Å². The third-order valence-electron chi connectivity index (χ3n) is 3.54. The Morgan fingerprint density at radius 3 is 2.40 bits per heavy atom. The number of rotatable bonds is 5. The van der Waals surface area contributed by atoms with Gasteiger partial charge in [0.05, 0.1) is 33.5 Å². The van der Waals surface area contributed by atoms with Crippen molar-refractivity contribution in [3.8, 4) is 6.07 Å². The summed E-state index contributed by atoms with van der Waals surface area (Å²) in [6.07, 6.45) is 0. The molecule has 5 nitrogen and oxygen atoms in total. The quantitative estimate of drug-likeness (QED) is 0.796. The van der Waals surface area contributed by atoms with Gasteiger partial charge in [-0.15, -0.1) is 0 Å². The van der Waals surface area contributed by atoms with Crippen LogP contribution in [-0.2, 0) is 4.79 Å². The van der Waals surface area contributed by atoms with Gasteiger partial charge in [-0.05, 0) is 37.3 Å². The molecule has 2 rings (SSSR count). The molecule has 0 saturated heterocycles. The number of carbonyl (C=O) groups excluding carboxylic acids is 2. The van der Waals surface area contributed by atoms with Crippen LogP contribution in [0.25, 0.3) is 0 Å². The third-order valence-corrected chi connectivity index (χ3v) is 4.17. The molecule has 2 aromatic carbocycles. The first-order valence-corrected chi connectivity index (χ1v) is 8.09. The number of amides is 1. The normalized spacial score (nSPS) is 10.0. The van der Waals surface area contributed by atoms with E-state index >= 15 is 0 Å². The molecule has 7 heteroatoms. The number of ketones is 1. The van der Waals surface area contributed by atoms with Gasteiger partial charge in [0.25, 0.3) is 0 Å². The predicted octanol–water partition coefficient (Wildman–Crippen LogP) is 4.14. The number of anilines is 2. The molecule has 1 amide bonds. The standard InChI is InChI=1S/C18H15Cl2N3O2/c1-11(24)12-6-7-13(9-21)16(8-12)23(2)10-17(25)22-18-14(19)4-3-5-15(18)20/h3-8H,10H2,1-2H3,(H,22,25). The number of likely N-dealkylation sites (N-methyl/N-ethyl adjacent to an activating group) is 1. The Bertz CT molecular complexity index is 855. The number of benzene rings is 2. The van der Waals surface area contributed by atoms with E-state index in [4.69, 9.17) is 23.2 Å². The Morgan fingerprint density at radius 2 is 1.84 bits per heavy atom. The van der Waals surface area contributed by atoms with E-state index in [1.165, 1.54) is 6.92 Å². The monoisotopic (exact) mass is 375 g/mol. The minimum Gasteiger partial charge on any atom is -0.364 e. The number of halogens is 2. The van der Waals surface area contributed by atoms with E-state index in [0.717, 1.165) is 0 Å². The van der Waals surface area contributed by atoms with Crippen LogP contribution in [0.3, 0.4) is 0 Å². The number of nitriles is 1. The molecule has 0 aromatic heterocycles. The second-order valence-corrected chi connectivity index (χ2v) is 6.22. The molecular weight excluding hydrogens is 361 g/mol. The summed E-state index contributed by atoms with van der Waals surface area (Å²) < 4.78 is 0. The van der Waals surface area contributed by atoms with Gasteiger partial charge in [-0.25, -0.2) is 0 Å². The van der Waals surface area contributed by atoms with E-state index in [1.54, 1.807) is 48.3 Å². The van der Waals surface area contributed by atoms with Crippen LogP contribution in [0, 0.1) is 11.3 Å². The lowest BCUT2D eigenvalue weighted by Gasteiger charge is -2.21. The van der Waals surface area contributed by atoms with Crippen molar-refractivity contribution in [3.63, 3.8) is 0 Å². The molecule has 128 valence electrons. The molecule has 1 N–H and O–H groups in total. The minimum absolute atomic E-state index is 0.0441. The van der Waals surface area contributed by atoms with Crippen LogP contribution in [0.2, 0.25) is 10.0 Å². The maximum atomic E-state index is 12.3. The highest BCUT2D eigenvalue weighted by Gasteiger charge is 2.15. The average molecular weight is 376 g/mol. The van der Waals surface area contributed by atoms with Gasteiger partial charge in [0.2, 0.25) is 5.91 Å². The van der Waals surface area contributed by atoms with E-state index in [-0.39, 0.29) is 18.2 Å². The second kappa shape index (κ2) is 8.02. The molecule has 0 aliphatic heterocycles. The summed E-state index contributed by atoms with van der Waals surface area (Å²) in [6.45, 7) is 1.40. The van der Waals surface area contributed by atoms with Crippen molar-refractivity contribution in [2.45, 2.75) is 6.92 Å². The van der Waals surface area contributed by atoms with Crippen LogP contribution >= 0.6 is 23.2 Å². The lowest BCUT2D eigenvalue weighted by molar-refractivity contribution is -0.114. The molecule has 25 heavy (non-hydrogen) atoms. The Hall–Kier alpha value is -2.55. The Kier molecular flexibility index (Phi) is 6.02. The van der Waals surface area contributed by atoms with Gasteiger partial charge < -0.3 is 10.2 Å². The molecule has 0 unspecified atom stereocenters. The van der Waals surface area contributed by atoms with Crippen molar-refractivity contribution in [2.75, 3.05) is 23.8 Å². The van der Waals surface area contributed by atoms with Gasteiger partial charge in [-0.1, -0.05) is 29.3 Å². The molecule has 0 fully saturated rings. The van der Waals surface area contributed by atoms with E-state index in [1.807, 2.05) is 0 Å². The molecule has 0 aliphatic carbocycles. The summed E-state index contributed by atoms with van der Waals surface area (Å²) in [6, 6.07) is 11.7. The molecular formula is C18H15Cl2N3O2. The van der Waals surface area contributed by atoms with Gasteiger partial charge in [-0.3, -0.25) is 9.59 Å². The molecule has 0 aliphatic rings. The third kappa shape index (κ3) is 4.50. The topological polar surface area (TPSA) is 73.2 Å². The summed E-state index contributed by atoms with van der Waals surface area (Å²) in [7, 11) is 1.66. The van der Waals surface area contributed by atoms with E-state index in [0.29, 0.717) is 32.5 Å². The van der Waals surface area contributed by atoms with Crippen molar-refractivity contribution in [1.82, 2.24) is 0 Å². The van der Waals surface area contributed by atoms with Gasteiger partial charge in [0, 0.05) is 12.6 Å². The van der Waals surface area contributed by atoms with E-state index in [9.17, 15) is 14.9 Å². The maximum Gasteiger partial charge on any atom is 0.243 e. The molecule has 0 spiro atoms. The summed E-state index contributed by atoms with van der Waals surface area (Å²) in [5.41, 5.74) is 1.67. The zero-order valence-corrected chi connectivity index (χ0v) is 15.1. The first-order chi connectivity index (χ1) is 11.8. The smallest absolute Gasteiger partial charge is 0.243 e. The lowest BCUT2D eigenvalue weighted by atomic mass is 10.1. The van der Waals surface area contributed by atoms with Gasteiger partial charge in [0.15, 0.2) is 5.78 Å². The molecule has 0 bridgehead atoms. The highest BCUT2D eigenvalue weighted by atomic mass is 35.5. The Labute approximate surface area is 155 Å². The summed E-state index contributed by atoms with van der Waals surface area (Å²) in [5, 5.41) is 12.6. The summed E-state index contributed by atoms with van der Waals surface area (Å²) in [4.78, 5) is 25.4. The largest absolute Gasteiger partial charge is 0.364 e. The first kappa shape index (κ1) is 18.8. The number of para-hydroxylation sites is 1. The van der Waals surface area contributed by atoms with Crippen molar-refractivity contribution in [3.05, 3.63) is 57.6 Å². The number of nitrogens with one attached hydrogen (secondary N) is 1. The summed E-state index contributed by atoms with van der Waals surface area (Å²) >= 11 is 12.1. The SMILES string of the molecule is CC(=O)c1ccc(C#N)c(N(C)CC(=O)Nc2c(Cl)cccc2Cl)c1. The van der Waals surface area contributed by atoms with Crippen LogP contribution in [-0.4, -0.2) is 25.3 Å². The van der Waals surface area contributed by atoms with Crippen molar-refractivity contribution >= 4 is 46.3 Å². The molecule has 0 atom stereocenters. The molecule has 2 aromatic rings. The molecule has 0 radical (unpaired) electrons. The van der Waals surface area contributed by atoms with Crippen molar-refractivity contribution < 1.29 is 9.59 Å². The number of Topliss-reactive ketones (excluding diaryl/α,β-unsaturated/α-hetero) is 1. The van der Waals surface area contributed by atoms with Crippen LogP contribution in [0.15, 0.2) is 36.4 Å². The van der Waals surface area contributed by atoms with Crippen LogP contribution < -0.4 is 10.2 Å². The van der Waals surface area contributed by atoms with Gasteiger partial charge >= 0.3 is 0 Å². The molecule has 0 heterocycles. The zero-order chi connectivity index (χ0) is 18.6. The van der Waals surface area contributed by atoms with Crippen LogP contribution in [0.5, 0.6) is 0 Å². The van der Waals surface area contributed by atoms with Crippen LogP contribution in [0.1, 0.15) is 22.8 Å². The minimum atomic E-state index is -0.352. The fourth-order valence-corrected chi connectivity index (χ4v) is 2.75. The lowest BCUT2D eigenvalue weighted by Crippen LogP contribution is -2.30. The van der Waals surface area contributed by atoms with Crippen molar-refractivity contribution in [1.29, 1.82) is 5.26 Å². The van der Waals surface area contributed by atoms with Crippen LogP contribution in [0.4, 0.5) is 11.4 Å². The number of nitrogens with zero attached hydrogens (tertiary/aromatic N) is 2. The first-order valence-electron chi connectivity index (χ1n) is 7.33. The predicted molar refractivity (Wildman–Crippen MR) is 99.5 cm³/mol. The number of carbonyl (C=O) groups is 2. The Balaban J connectivity index is 2.20. The summed E-state index contributed by atoms with van der Waals surface area (Å²) in [5.74, 6) is -0.471. The van der Waals surface area contributed by atoms with Gasteiger partial charge in [-0.2, -0.15) is 5.26 Å². The fourth-order valence-electron chi connectivity index (χ4n) is 2.26. The molecule has 0 saturated carbocycles. The fraction of sp³-hybridized carbons (Fsp3) is 0.167. The highest BCUT2D eigenvalue weighted by molar-refractivity contribution is 6.39. The second-order valence-electron chi connectivity index (χ2n) is 5.40. The average Bonchev–Trinajstić information content (AvgIpc) is 2.57. The highest BCUT2D eigenvalue weighted by Crippen LogP contribution is 2.30. The van der Waals surface area contributed by atoms with E-state index in [2.05, 4.69) is 11.4 Å².